The van der Waals surface area contributed by atoms with Crippen molar-refractivity contribution in [2.75, 3.05) is 21.3 Å². The third-order valence-electron chi connectivity index (χ3n) is 2.85. The van der Waals surface area contributed by atoms with E-state index in [1.807, 2.05) is 12.1 Å². The van der Waals surface area contributed by atoms with Crippen LogP contribution in [0.5, 0.6) is 17.2 Å². The minimum Gasteiger partial charge on any atom is -0.497 e. The van der Waals surface area contributed by atoms with Crippen molar-refractivity contribution in [1.29, 1.82) is 0 Å². The number of rotatable bonds is 5. The minimum atomic E-state index is -0.230. The lowest BCUT2D eigenvalue weighted by molar-refractivity contribution is 0.385. The maximum Gasteiger partial charge on any atom is 0.227 e. The topological polar surface area (TPSA) is 57.9 Å². The zero-order valence-corrected chi connectivity index (χ0v) is 12.1. The van der Waals surface area contributed by atoms with E-state index in [4.69, 9.17) is 18.6 Å². The van der Waals surface area contributed by atoms with Gasteiger partial charge in [-0.15, -0.1) is 0 Å². The molecule has 0 aliphatic heterocycles. The number of ether oxygens (including phenoxy) is 3. The zero-order valence-electron chi connectivity index (χ0n) is 12.1. The van der Waals surface area contributed by atoms with Crippen LogP contribution in [0.25, 0.3) is 12.2 Å². The summed E-state index contributed by atoms with van der Waals surface area (Å²) in [6, 6.07) is 6.85. The van der Waals surface area contributed by atoms with Crippen molar-refractivity contribution in [3.63, 3.8) is 0 Å². The first-order valence-corrected chi connectivity index (χ1v) is 6.24. The molecule has 0 saturated heterocycles. The summed E-state index contributed by atoms with van der Waals surface area (Å²) in [6.07, 6.45) is 4.78. The van der Waals surface area contributed by atoms with E-state index in [1.54, 1.807) is 32.4 Å². The van der Waals surface area contributed by atoms with E-state index in [0.717, 1.165) is 5.56 Å². The summed E-state index contributed by atoms with van der Waals surface area (Å²) >= 11 is 0. The Morgan fingerprint density at radius 2 is 1.57 bits per heavy atom. The Labute approximate surface area is 122 Å². The van der Waals surface area contributed by atoms with Gasteiger partial charge in [-0.3, -0.25) is 4.79 Å². The van der Waals surface area contributed by atoms with Crippen molar-refractivity contribution in [1.82, 2.24) is 0 Å². The molecule has 0 N–H and O–H groups in total. The lowest BCUT2D eigenvalue weighted by atomic mass is 10.1. The molecule has 1 heterocycles. The Kier molecular flexibility index (Phi) is 4.66. The second kappa shape index (κ2) is 6.65. The third-order valence-corrected chi connectivity index (χ3v) is 2.85. The van der Waals surface area contributed by atoms with Gasteiger partial charge in [0.2, 0.25) is 11.2 Å². The van der Waals surface area contributed by atoms with Gasteiger partial charge < -0.3 is 18.6 Å². The van der Waals surface area contributed by atoms with Crippen LogP contribution in [0.4, 0.5) is 0 Å². The highest BCUT2D eigenvalue weighted by Crippen LogP contribution is 2.23. The molecule has 1 aromatic heterocycles. The summed E-state index contributed by atoms with van der Waals surface area (Å²) in [5.41, 5.74) is 0.635. The molecule has 5 heteroatoms. The van der Waals surface area contributed by atoms with E-state index < -0.39 is 0 Å². The predicted molar refractivity (Wildman–Crippen MR) is 80.0 cm³/mol. The molecular weight excluding hydrogens is 272 g/mol. The van der Waals surface area contributed by atoms with Crippen LogP contribution in [0.1, 0.15) is 11.3 Å². The number of benzene rings is 1. The highest BCUT2D eigenvalue weighted by atomic mass is 16.5. The van der Waals surface area contributed by atoms with Crippen molar-refractivity contribution in [2.45, 2.75) is 0 Å². The van der Waals surface area contributed by atoms with Crippen LogP contribution in [0.2, 0.25) is 0 Å². The largest absolute Gasteiger partial charge is 0.497 e. The van der Waals surface area contributed by atoms with E-state index >= 15 is 0 Å². The molecular formula is C16H16O5. The van der Waals surface area contributed by atoms with Crippen LogP contribution >= 0.6 is 0 Å². The van der Waals surface area contributed by atoms with Gasteiger partial charge in [0.1, 0.15) is 23.5 Å². The van der Waals surface area contributed by atoms with Gasteiger partial charge in [-0.1, -0.05) is 6.08 Å². The first-order chi connectivity index (χ1) is 10.2. The molecule has 0 radical (unpaired) electrons. The fourth-order valence-electron chi connectivity index (χ4n) is 1.75. The summed E-state index contributed by atoms with van der Waals surface area (Å²) in [7, 11) is 4.60. The van der Waals surface area contributed by atoms with Crippen LogP contribution in [-0.4, -0.2) is 21.3 Å². The van der Waals surface area contributed by atoms with Gasteiger partial charge in [0.15, 0.2) is 0 Å². The third kappa shape index (κ3) is 3.66. The normalized spacial score (nSPS) is 10.6. The van der Waals surface area contributed by atoms with E-state index in [9.17, 15) is 4.79 Å². The number of methoxy groups -OCH3 is 3. The summed E-state index contributed by atoms with van der Waals surface area (Å²) in [4.78, 5) is 11.6. The first kappa shape index (κ1) is 14.7. The monoisotopic (exact) mass is 288 g/mol. The van der Waals surface area contributed by atoms with E-state index in [2.05, 4.69) is 0 Å². The van der Waals surface area contributed by atoms with Crippen molar-refractivity contribution in [2.24, 2.45) is 0 Å². The minimum absolute atomic E-state index is 0.176. The molecule has 0 bridgehead atoms. The van der Waals surface area contributed by atoms with Crippen LogP contribution in [0.15, 0.2) is 39.7 Å². The van der Waals surface area contributed by atoms with Crippen LogP contribution in [-0.2, 0) is 0 Å². The summed E-state index contributed by atoms with van der Waals surface area (Å²) in [5.74, 6) is 1.98. The molecule has 0 atom stereocenters. The second-order valence-electron chi connectivity index (χ2n) is 4.19. The summed E-state index contributed by atoms with van der Waals surface area (Å²) < 4.78 is 20.5. The standard InChI is InChI=1S/C16H16O5/c1-18-13-6-11(7-14(8-13)19-2)4-5-12-9-15(17)16(20-3)10-21-12/h4-10H,1-3H3/b5-4+. The molecule has 2 aromatic rings. The molecule has 1 aromatic carbocycles. The molecule has 0 amide bonds. The van der Waals surface area contributed by atoms with Crippen molar-refractivity contribution < 1.29 is 18.6 Å². The molecule has 0 aliphatic rings. The summed E-state index contributed by atoms with van der Waals surface area (Å²) in [5, 5.41) is 0. The average Bonchev–Trinajstić information content (AvgIpc) is 2.52. The van der Waals surface area contributed by atoms with Gasteiger partial charge in [0, 0.05) is 12.1 Å². The Morgan fingerprint density at radius 1 is 0.905 bits per heavy atom. The van der Waals surface area contributed by atoms with E-state index in [-0.39, 0.29) is 11.2 Å². The van der Waals surface area contributed by atoms with Crippen molar-refractivity contribution in [3.8, 4) is 17.2 Å². The fourth-order valence-corrected chi connectivity index (χ4v) is 1.75. The zero-order chi connectivity index (χ0) is 15.2. The Bertz CT molecular complexity index is 678. The van der Waals surface area contributed by atoms with Gasteiger partial charge >= 0.3 is 0 Å². The number of hydrogen-bond donors (Lipinski definition) is 0. The Morgan fingerprint density at radius 3 is 2.10 bits per heavy atom. The molecule has 0 fully saturated rings. The van der Waals surface area contributed by atoms with Gasteiger partial charge in [-0.05, 0) is 23.8 Å². The number of hydrogen-bond acceptors (Lipinski definition) is 5. The summed E-state index contributed by atoms with van der Waals surface area (Å²) in [6.45, 7) is 0. The van der Waals surface area contributed by atoms with Crippen LogP contribution in [0, 0.1) is 0 Å². The van der Waals surface area contributed by atoms with Gasteiger partial charge in [-0.25, -0.2) is 0 Å². The van der Waals surface area contributed by atoms with Crippen LogP contribution < -0.4 is 19.6 Å². The highest BCUT2D eigenvalue weighted by Gasteiger charge is 2.02. The quantitative estimate of drug-likeness (QED) is 0.846. The molecule has 0 saturated carbocycles. The van der Waals surface area contributed by atoms with Crippen LogP contribution in [0.3, 0.4) is 0 Å². The van der Waals surface area contributed by atoms with Gasteiger partial charge in [0.05, 0.1) is 21.3 Å². The Balaban J connectivity index is 2.28. The molecule has 0 aliphatic carbocycles. The Hall–Kier alpha value is -2.69. The van der Waals surface area contributed by atoms with Crippen molar-refractivity contribution in [3.05, 3.63) is 52.1 Å². The predicted octanol–water partition coefficient (Wildman–Crippen LogP) is 2.84. The first-order valence-electron chi connectivity index (χ1n) is 6.24. The molecule has 0 spiro atoms. The molecule has 21 heavy (non-hydrogen) atoms. The molecule has 5 nitrogen and oxygen atoms in total. The smallest absolute Gasteiger partial charge is 0.227 e. The lowest BCUT2D eigenvalue weighted by Gasteiger charge is -2.05. The maximum atomic E-state index is 11.6. The highest BCUT2D eigenvalue weighted by molar-refractivity contribution is 5.69. The van der Waals surface area contributed by atoms with Gasteiger partial charge in [-0.2, -0.15) is 0 Å². The lowest BCUT2D eigenvalue weighted by Crippen LogP contribution is -2.03. The molecule has 0 unspecified atom stereocenters. The second-order valence-corrected chi connectivity index (χ2v) is 4.19. The van der Waals surface area contributed by atoms with Gasteiger partial charge in [0.25, 0.3) is 0 Å². The van der Waals surface area contributed by atoms with Crippen molar-refractivity contribution >= 4 is 12.2 Å². The molecule has 2 rings (SSSR count). The molecule has 110 valence electrons. The van der Waals surface area contributed by atoms with E-state index in [1.165, 1.54) is 19.4 Å². The maximum absolute atomic E-state index is 11.6. The fraction of sp³-hybridized carbons (Fsp3) is 0.188. The SMILES string of the molecule is COc1cc(/C=C/c2cc(=O)c(OC)co2)cc(OC)c1. The average molecular weight is 288 g/mol. The van der Waals surface area contributed by atoms with E-state index in [0.29, 0.717) is 17.3 Å².